The molecule has 5 nitrogen and oxygen atoms in total. The second-order valence-corrected chi connectivity index (χ2v) is 6.46. The maximum atomic E-state index is 12.3. The molecule has 0 atom stereocenters. The predicted molar refractivity (Wildman–Crippen MR) is 104 cm³/mol. The van der Waals surface area contributed by atoms with Crippen molar-refractivity contribution in [2.45, 2.75) is 20.5 Å². The molecule has 27 heavy (non-hydrogen) atoms. The highest BCUT2D eigenvalue weighted by molar-refractivity contribution is 6.31. The number of amides is 1. The van der Waals surface area contributed by atoms with Gasteiger partial charge in [-0.1, -0.05) is 11.6 Å². The second kappa shape index (κ2) is 8.10. The van der Waals surface area contributed by atoms with Gasteiger partial charge in [-0.3, -0.25) is 9.59 Å². The summed E-state index contributed by atoms with van der Waals surface area (Å²) in [4.78, 5) is 23.6. The molecule has 1 N–H and O–H groups in total. The fourth-order valence-electron chi connectivity index (χ4n) is 2.42. The minimum Gasteiger partial charge on any atom is -0.486 e. The molecule has 0 bridgehead atoms. The van der Waals surface area contributed by atoms with Gasteiger partial charge < -0.3 is 14.5 Å². The average molecular weight is 384 g/mol. The van der Waals surface area contributed by atoms with Gasteiger partial charge in [-0.25, -0.2) is 0 Å². The quantitative estimate of drug-likeness (QED) is 0.588. The fraction of sp³-hybridized carbons (Fsp3) is 0.143. The Kier molecular flexibility index (Phi) is 5.62. The first-order valence-electron chi connectivity index (χ1n) is 8.32. The number of hydrogen-bond donors (Lipinski definition) is 1. The van der Waals surface area contributed by atoms with Crippen molar-refractivity contribution in [3.05, 3.63) is 82.3 Å². The Morgan fingerprint density at radius 2 is 1.81 bits per heavy atom. The number of furan rings is 1. The Morgan fingerprint density at radius 1 is 1.07 bits per heavy atom. The van der Waals surface area contributed by atoms with Crippen LogP contribution >= 0.6 is 11.6 Å². The number of ether oxygens (including phenoxy) is 1. The zero-order chi connectivity index (χ0) is 19.4. The lowest BCUT2D eigenvalue weighted by Crippen LogP contribution is -2.11. The number of aryl methyl sites for hydroxylation is 1. The zero-order valence-electron chi connectivity index (χ0n) is 14.9. The molecular formula is C21H18ClNO4. The summed E-state index contributed by atoms with van der Waals surface area (Å²) in [5.41, 5.74) is 2.09. The second-order valence-electron chi connectivity index (χ2n) is 6.05. The van der Waals surface area contributed by atoms with Gasteiger partial charge in [0.05, 0.1) is 0 Å². The van der Waals surface area contributed by atoms with Gasteiger partial charge >= 0.3 is 0 Å². The van der Waals surface area contributed by atoms with Crippen molar-refractivity contribution in [1.82, 2.24) is 0 Å². The van der Waals surface area contributed by atoms with Crippen LogP contribution in [-0.4, -0.2) is 11.7 Å². The molecule has 1 aromatic heterocycles. The first-order chi connectivity index (χ1) is 12.9. The summed E-state index contributed by atoms with van der Waals surface area (Å²) < 4.78 is 11.2. The number of Topliss-reactive ketones (excluding diaryl/α,β-unsaturated/α-hetero) is 1. The van der Waals surface area contributed by atoms with Gasteiger partial charge in [0.15, 0.2) is 11.5 Å². The van der Waals surface area contributed by atoms with E-state index in [1.165, 1.54) is 6.92 Å². The minimum atomic E-state index is -0.376. The topological polar surface area (TPSA) is 68.5 Å². The number of anilines is 1. The molecule has 0 radical (unpaired) electrons. The molecule has 1 amide bonds. The number of nitrogens with one attached hydrogen (secondary N) is 1. The van der Waals surface area contributed by atoms with E-state index in [2.05, 4.69) is 5.32 Å². The lowest BCUT2D eigenvalue weighted by molar-refractivity contribution is 0.0990. The highest BCUT2D eigenvalue weighted by atomic mass is 35.5. The third kappa shape index (κ3) is 4.77. The maximum Gasteiger partial charge on any atom is 0.291 e. The Balaban J connectivity index is 1.59. The van der Waals surface area contributed by atoms with E-state index in [1.54, 1.807) is 48.5 Å². The predicted octanol–water partition coefficient (Wildman–Crippen LogP) is 5.28. The van der Waals surface area contributed by atoms with Gasteiger partial charge in [-0.05, 0) is 74.0 Å². The van der Waals surface area contributed by atoms with Gasteiger partial charge in [-0.15, -0.1) is 0 Å². The Morgan fingerprint density at radius 3 is 2.48 bits per heavy atom. The van der Waals surface area contributed by atoms with E-state index in [0.29, 0.717) is 27.8 Å². The van der Waals surface area contributed by atoms with Crippen molar-refractivity contribution >= 4 is 29.0 Å². The third-order valence-corrected chi connectivity index (χ3v) is 4.37. The average Bonchev–Trinajstić information content (AvgIpc) is 3.12. The van der Waals surface area contributed by atoms with Crippen molar-refractivity contribution in [3.8, 4) is 5.75 Å². The Labute approximate surface area is 161 Å². The van der Waals surface area contributed by atoms with Crippen molar-refractivity contribution < 1.29 is 18.7 Å². The van der Waals surface area contributed by atoms with Gasteiger partial charge in [0, 0.05) is 16.3 Å². The van der Waals surface area contributed by atoms with E-state index in [1.807, 2.05) is 13.0 Å². The lowest BCUT2D eigenvalue weighted by atomic mass is 10.1. The Hall–Kier alpha value is -3.05. The normalized spacial score (nSPS) is 10.5. The molecule has 0 unspecified atom stereocenters. The van der Waals surface area contributed by atoms with Gasteiger partial charge in [0.2, 0.25) is 0 Å². The summed E-state index contributed by atoms with van der Waals surface area (Å²) in [6.45, 7) is 3.58. The number of benzene rings is 2. The minimum absolute atomic E-state index is 0.0283. The molecule has 0 saturated carbocycles. The summed E-state index contributed by atoms with van der Waals surface area (Å²) in [6, 6.07) is 15.3. The van der Waals surface area contributed by atoms with E-state index >= 15 is 0 Å². The molecule has 138 valence electrons. The third-order valence-electron chi connectivity index (χ3n) is 3.95. The molecule has 0 aliphatic carbocycles. The van der Waals surface area contributed by atoms with Crippen LogP contribution in [0.2, 0.25) is 5.02 Å². The van der Waals surface area contributed by atoms with Crippen LogP contribution in [0.15, 0.2) is 59.0 Å². The number of halogens is 1. The van der Waals surface area contributed by atoms with Crippen LogP contribution in [0.4, 0.5) is 5.69 Å². The first-order valence-corrected chi connectivity index (χ1v) is 8.70. The standard InChI is InChI=1S/C21H18ClNO4/c1-13-11-17(7-9-19(13)22)26-12-18-8-10-20(27-18)21(25)23-16-5-3-15(4-6-16)14(2)24/h3-11H,12H2,1-2H3,(H,23,25). The van der Waals surface area contributed by atoms with Crippen LogP contribution < -0.4 is 10.1 Å². The van der Waals surface area contributed by atoms with E-state index in [0.717, 1.165) is 5.56 Å². The van der Waals surface area contributed by atoms with Crippen LogP contribution in [0, 0.1) is 6.92 Å². The molecule has 3 rings (SSSR count). The largest absolute Gasteiger partial charge is 0.486 e. The monoisotopic (exact) mass is 383 g/mol. The maximum absolute atomic E-state index is 12.3. The fourth-order valence-corrected chi connectivity index (χ4v) is 2.54. The first kappa shape index (κ1) is 18.7. The van der Waals surface area contributed by atoms with Crippen LogP contribution in [0.3, 0.4) is 0 Å². The van der Waals surface area contributed by atoms with E-state index in [-0.39, 0.29) is 24.1 Å². The van der Waals surface area contributed by atoms with Crippen molar-refractivity contribution in [2.24, 2.45) is 0 Å². The Bertz CT molecular complexity index is 976. The van der Waals surface area contributed by atoms with Crippen LogP contribution in [-0.2, 0) is 6.61 Å². The molecule has 0 fully saturated rings. The molecule has 0 spiro atoms. The number of carbonyl (C=O) groups excluding carboxylic acids is 2. The summed E-state index contributed by atoms with van der Waals surface area (Å²) in [5.74, 6) is 0.972. The van der Waals surface area contributed by atoms with Crippen molar-refractivity contribution in [2.75, 3.05) is 5.32 Å². The molecule has 6 heteroatoms. The number of hydrogen-bond acceptors (Lipinski definition) is 4. The highest BCUT2D eigenvalue weighted by Gasteiger charge is 2.12. The molecule has 0 aliphatic rings. The van der Waals surface area contributed by atoms with E-state index in [9.17, 15) is 9.59 Å². The van der Waals surface area contributed by atoms with Crippen molar-refractivity contribution in [1.29, 1.82) is 0 Å². The number of carbonyl (C=O) groups is 2. The summed E-state index contributed by atoms with van der Waals surface area (Å²) in [6.07, 6.45) is 0. The molecule has 0 aliphatic heterocycles. The molecule has 0 saturated heterocycles. The highest BCUT2D eigenvalue weighted by Crippen LogP contribution is 2.22. The van der Waals surface area contributed by atoms with E-state index < -0.39 is 0 Å². The van der Waals surface area contributed by atoms with Gasteiger partial charge in [0.25, 0.3) is 5.91 Å². The molecular weight excluding hydrogens is 366 g/mol. The SMILES string of the molecule is CC(=O)c1ccc(NC(=O)c2ccc(COc3ccc(Cl)c(C)c3)o2)cc1. The molecule has 3 aromatic rings. The van der Waals surface area contributed by atoms with Gasteiger partial charge in [-0.2, -0.15) is 0 Å². The van der Waals surface area contributed by atoms with Crippen LogP contribution in [0.25, 0.3) is 0 Å². The number of rotatable bonds is 6. The smallest absolute Gasteiger partial charge is 0.291 e. The van der Waals surface area contributed by atoms with Gasteiger partial charge in [0.1, 0.15) is 18.1 Å². The summed E-state index contributed by atoms with van der Waals surface area (Å²) >= 11 is 5.99. The van der Waals surface area contributed by atoms with Crippen molar-refractivity contribution in [3.63, 3.8) is 0 Å². The summed E-state index contributed by atoms with van der Waals surface area (Å²) in [7, 11) is 0. The van der Waals surface area contributed by atoms with Crippen LogP contribution in [0.1, 0.15) is 39.2 Å². The summed E-state index contributed by atoms with van der Waals surface area (Å²) in [5, 5.41) is 3.40. The molecule has 1 heterocycles. The number of ketones is 1. The zero-order valence-corrected chi connectivity index (χ0v) is 15.7. The van der Waals surface area contributed by atoms with E-state index in [4.69, 9.17) is 20.8 Å². The molecule has 2 aromatic carbocycles. The lowest BCUT2D eigenvalue weighted by Gasteiger charge is -2.06. The van der Waals surface area contributed by atoms with Crippen LogP contribution in [0.5, 0.6) is 5.75 Å².